The Morgan fingerprint density at radius 1 is 0.200 bits per heavy atom. The van der Waals surface area contributed by atoms with Gasteiger partial charge in [-0.2, -0.15) is 0 Å². The Morgan fingerprint density at radius 3 is 0.905 bits per heavy atom. The van der Waals surface area contributed by atoms with E-state index < -0.39 is 0 Å². The van der Waals surface area contributed by atoms with Gasteiger partial charge in [-0.05, 0) is 144 Å². The highest BCUT2D eigenvalue weighted by Gasteiger charge is 2.45. The van der Waals surface area contributed by atoms with Gasteiger partial charge in [0.1, 0.15) is 0 Å². The average Bonchev–Trinajstić information content (AvgIpc) is 1.39. The van der Waals surface area contributed by atoms with E-state index in [0.717, 1.165) is 78.6 Å². The van der Waals surface area contributed by atoms with Gasteiger partial charge in [-0.3, -0.25) is 0 Å². The van der Waals surface area contributed by atoms with Crippen LogP contribution in [-0.4, -0.2) is 6.71 Å². The summed E-state index contributed by atoms with van der Waals surface area (Å²) in [6.45, 7) is -0.112. The van der Waals surface area contributed by atoms with Crippen molar-refractivity contribution >= 4 is 120 Å². The number of nitrogens with zero attached hydrogens (tertiary/aromatic N) is 2. The fourth-order valence-electron chi connectivity index (χ4n) is 15.7. The van der Waals surface area contributed by atoms with Crippen LogP contribution in [0.2, 0.25) is 0 Å². The van der Waals surface area contributed by atoms with E-state index in [9.17, 15) is 0 Å². The molecule has 0 saturated heterocycles. The molecule has 0 radical (unpaired) electrons. The molecule has 17 aromatic rings. The summed E-state index contributed by atoms with van der Waals surface area (Å²) in [4.78, 5) is 5.29. The molecule has 0 aliphatic carbocycles. The standard InChI is InChI=1S/C90H57BN2S2/c1-3-26-58(27-4-1)62-30-7-11-34-66(62)72-40-23-42-74(68-36-13-9-32-64(68)60-52-54-86-76(56-60)70-38-15-21-50-84(70)94-86)89(72)92-80-46-19-17-44-78(80)91-79-45-18-20-47-81(79)93(83-49-25-48-82(92)88(83)91)90-73(67-35-12-8-31-63(67)59-28-5-2-6-29-59)41-24-43-75(90)69-37-14-10-33-65(69)61-53-55-87-77(57-61)71-39-16-22-51-85(71)95-87/h1-57H. The quantitative estimate of drug-likeness (QED) is 0.126. The molecule has 5 heteroatoms. The Kier molecular flexibility index (Phi) is 13.1. The molecule has 0 amide bonds. The number of rotatable bonds is 10. The first-order valence-corrected chi connectivity index (χ1v) is 34.3. The summed E-state index contributed by atoms with van der Waals surface area (Å²) in [5.74, 6) is 0. The van der Waals surface area contributed by atoms with E-state index in [1.807, 2.05) is 22.7 Å². The fraction of sp³-hybridized carbons (Fsp3) is 0. The van der Waals surface area contributed by atoms with Crippen LogP contribution in [0.4, 0.5) is 34.1 Å². The van der Waals surface area contributed by atoms with Gasteiger partial charge in [0.25, 0.3) is 6.71 Å². The van der Waals surface area contributed by atoms with Crippen LogP contribution in [0.1, 0.15) is 0 Å². The summed E-state index contributed by atoms with van der Waals surface area (Å²) in [7, 11) is 0. The maximum atomic E-state index is 2.65. The molecule has 0 unspecified atom stereocenters. The summed E-state index contributed by atoms with van der Waals surface area (Å²) in [6, 6.07) is 129. The predicted molar refractivity (Wildman–Crippen MR) is 410 cm³/mol. The number of hydrogen-bond donors (Lipinski definition) is 0. The number of fused-ring (bicyclic) bond motifs is 10. The van der Waals surface area contributed by atoms with Crippen LogP contribution < -0.4 is 26.2 Å². The summed E-state index contributed by atoms with van der Waals surface area (Å²) < 4.78 is 5.19. The molecule has 0 bridgehead atoms. The lowest BCUT2D eigenvalue weighted by molar-refractivity contribution is 1.25. The number of para-hydroxylation sites is 4. The Bertz CT molecular complexity index is 5550. The lowest BCUT2D eigenvalue weighted by atomic mass is 9.33. The summed E-state index contributed by atoms with van der Waals surface area (Å²) in [5.41, 5.74) is 29.3. The Labute approximate surface area is 560 Å². The zero-order valence-electron chi connectivity index (χ0n) is 51.7. The lowest BCUT2D eigenvalue weighted by Gasteiger charge is -2.45. The van der Waals surface area contributed by atoms with Crippen LogP contribution >= 0.6 is 22.7 Å². The van der Waals surface area contributed by atoms with E-state index in [-0.39, 0.29) is 6.71 Å². The van der Waals surface area contributed by atoms with Crippen molar-refractivity contribution in [1.82, 2.24) is 0 Å². The Morgan fingerprint density at radius 2 is 0.495 bits per heavy atom. The third kappa shape index (κ3) is 8.92. The molecule has 0 atom stereocenters. The zero-order valence-corrected chi connectivity index (χ0v) is 53.3. The van der Waals surface area contributed by atoms with Crippen LogP contribution in [0.25, 0.3) is 129 Å². The fourth-order valence-corrected chi connectivity index (χ4v) is 17.8. The third-order valence-electron chi connectivity index (χ3n) is 19.7. The lowest BCUT2D eigenvalue weighted by Crippen LogP contribution is -2.61. The van der Waals surface area contributed by atoms with Crippen LogP contribution in [0.3, 0.4) is 0 Å². The number of benzene rings is 15. The van der Waals surface area contributed by atoms with Crippen molar-refractivity contribution in [1.29, 1.82) is 0 Å². The van der Waals surface area contributed by atoms with E-state index in [1.165, 1.54) is 101 Å². The minimum absolute atomic E-state index is 0.112. The predicted octanol–water partition coefficient (Wildman–Crippen LogP) is 23.8. The monoisotopic (exact) mass is 1240 g/mol. The number of thiophene rings is 2. The normalized spacial score (nSPS) is 12.4. The number of hydrogen-bond acceptors (Lipinski definition) is 4. The second kappa shape index (κ2) is 22.6. The van der Waals surface area contributed by atoms with Crippen molar-refractivity contribution < 1.29 is 0 Å². The minimum Gasteiger partial charge on any atom is -0.310 e. The van der Waals surface area contributed by atoms with Gasteiger partial charge < -0.3 is 9.80 Å². The van der Waals surface area contributed by atoms with Crippen molar-refractivity contribution in [3.05, 3.63) is 346 Å². The maximum absolute atomic E-state index is 2.65. The van der Waals surface area contributed by atoms with Crippen LogP contribution in [0.15, 0.2) is 346 Å². The summed E-state index contributed by atoms with van der Waals surface area (Å²) in [6.07, 6.45) is 0. The van der Waals surface area contributed by atoms with Gasteiger partial charge in [-0.25, -0.2) is 0 Å². The number of anilines is 6. The van der Waals surface area contributed by atoms with Crippen LogP contribution in [0.5, 0.6) is 0 Å². The first-order chi connectivity index (χ1) is 47.2. The highest BCUT2D eigenvalue weighted by Crippen LogP contribution is 2.55. The van der Waals surface area contributed by atoms with Crippen molar-refractivity contribution in [3.8, 4) is 89.0 Å². The smallest absolute Gasteiger partial charge is 0.252 e. The molecular weight excluding hydrogens is 1180 g/mol. The van der Waals surface area contributed by atoms with Gasteiger partial charge in [0.05, 0.1) is 11.4 Å². The molecule has 4 heterocycles. The molecule has 2 nitrogen and oxygen atoms in total. The average molecular weight is 1240 g/mol. The Hall–Kier alpha value is -11.6. The second-order valence-electron chi connectivity index (χ2n) is 24.9. The molecule has 19 rings (SSSR count). The molecule has 0 N–H and O–H groups in total. The van der Waals surface area contributed by atoms with E-state index >= 15 is 0 Å². The molecule has 2 aliphatic rings. The zero-order chi connectivity index (χ0) is 62.5. The SMILES string of the molecule is c1ccc(-c2ccccc2-c2cccc(-c3ccccc3-c3ccc4sc5ccccc5c4c3)c2N2c3ccccc3B3c4ccccc4N(c4c(-c5ccccc5-c5ccccc5)cccc4-c4ccccc4-c4ccc5sc6ccccc6c5c4)c4cccc2c43)cc1. The molecule has 442 valence electrons. The highest BCUT2D eigenvalue weighted by atomic mass is 32.1. The van der Waals surface area contributed by atoms with Crippen LogP contribution in [-0.2, 0) is 0 Å². The van der Waals surface area contributed by atoms with Crippen molar-refractivity contribution in [3.63, 3.8) is 0 Å². The maximum Gasteiger partial charge on any atom is 0.252 e. The van der Waals surface area contributed by atoms with Crippen molar-refractivity contribution in [2.24, 2.45) is 0 Å². The molecule has 95 heavy (non-hydrogen) atoms. The van der Waals surface area contributed by atoms with E-state index in [4.69, 9.17) is 0 Å². The van der Waals surface area contributed by atoms with Crippen molar-refractivity contribution in [2.75, 3.05) is 9.80 Å². The van der Waals surface area contributed by atoms with Gasteiger partial charge in [0, 0.05) is 85.3 Å². The molecule has 2 aliphatic heterocycles. The van der Waals surface area contributed by atoms with E-state index in [2.05, 4.69) is 356 Å². The van der Waals surface area contributed by atoms with Gasteiger partial charge in [-0.1, -0.05) is 285 Å². The minimum atomic E-state index is -0.112. The summed E-state index contributed by atoms with van der Waals surface area (Å²) in [5, 5.41) is 5.15. The topological polar surface area (TPSA) is 6.48 Å². The molecule has 0 fully saturated rings. The molecule has 15 aromatic carbocycles. The van der Waals surface area contributed by atoms with Crippen molar-refractivity contribution in [2.45, 2.75) is 0 Å². The molecule has 2 aromatic heterocycles. The van der Waals surface area contributed by atoms with Gasteiger partial charge in [-0.15, -0.1) is 22.7 Å². The summed E-state index contributed by atoms with van der Waals surface area (Å²) >= 11 is 3.73. The van der Waals surface area contributed by atoms with Gasteiger partial charge in [0.2, 0.25) is 0 Å². The largest absolute Gasteiger partial charge is 0.310 e. The molecule has 0 saturated carbocycles. The van der Waals surface area contributed by atoms with Crippen LogP contribution in [0, 0.1) is 0 Å². The van der Waals surface area contributed by atoms with Gasteiger partial charge >= 0.3 is 0 Å². The second-order valence-corrected chi connectivity index (χ2v) is 27.0. The van der Waals surface area contributed by atoms with E-state index in [0.29, 0.717) is 0 Å². The van der Waals surface area contributed by atoms with Gasteiger partial charge in [0.15, 0.2) is 0 Å². The first-order valence-electron chi connectivity index (χ1n) is 32.7. The molecule has 0 spiro atoms. The highest BCUT2D eigenvalue weighted by molar-refractivity contribution is 7.26. The first kappa shape index (κ1) is 55.1. The Balaban J connectivity index is 0.891. The third-order valence-corrected chi connectivity index (χ3v) is 22.0. The molecular formula is C90H57BN2S2. The van der Waals surface area contributed by atoms with E-state index in [1.54, 1.807) is 0 Å².